The van der Waals surface area contributed by atoms with E-state index in [1.165, 1.54) is 6.20 Å². The summed E-state index contributed by atoms with van der Waals surface area (Å²) >= 11 is 0. The lowest BCUT2D eigenvalue weighted by atomic mass is 10.0. The Morgan fingerprint density at radius 2 is 1.90 bits per heavy atom. The number of methoxy groups -OCH3 is 1. The highest BCUT2D eigenvalue weighted by Gasteiger charge is 2.34. The van der Waals surface area contributed by atoms with Gasteiger partial charge in [-0.15, -0.1) is 0 Å². The predicted octanol–water partition coefficient (Wildman–Crippen LogP) is 4.30. The highest BCUT2D eigenvalue weighted by atomic mass is 16.5. The van der Waals surface area contributed by atoms with Crippen LogP contribution in [0.4, 0.5) is 10.5 Å². The third kappa shape index (κ3) is 5.60. The lowest BCUT2D eigenvalue weighted by Crippen LogP contribution is -2.54. The molecule has 2 N–H and O–H groups in total. The summed E-state index contributed by atoms with van der Waals surface area (Å²) in [6, 6.07) is 7.84. The van der Waals surface area contributed by atoms with Gasteiger partial charge in [0, 0.05) is 17.7 Å². The van der Waals surface area contributed by atoms with Gasteiger partial charge in [-0.05, 0) is 52.3 Å². The molecule has 0 spiro atoms. The highest BCUT2D eigenvalue weighted by molar-refractivity contribution is 5.96. The number of nitrogens with one attached hydrogen (secondary N) is 1. The van der Waals surface area contributed by atoms with Crippen molar-refractivity contribution in [2.24, 2.45) is 0 Å². The third-order valence-corrected chi connectivity index (χ3v) is 4.30. The quantitative estimate of drug-likeness (QED) is 0.749. The molecule has 0 saturated heterocycles. The molecule has 1 aromatic heterocycles. The van der Waals surface area contributed by atoms with Crippen LogP contribution in [-0.2, 0) is 4.79 Å². The van der Waals surface area contributed by atoms with E-state index in [-0.39, 0.29) is 0 Å². The van der Waals surface area contributed by atoms with Crippen LogP contribution in [0.5, 0.6) is 17.4 Å². The number of carboxylic acid groups (broad SMARTS) is 1. The van der Waals surface area contributed by atoms with Crippen LogP contribution in [0.2, 0.25) is 0 Å². The standard InChI is InChI=1S/C21H27N3O5/c1-13-7-9-16(11-17(13)28-6)29-18-10-8-15(12-22-18)23-19(25)14(2)24(20(26)27)21(3,4)5/h7-12,14H,1-6H3,(H,23,25)(H,26,27)/t14-/m1/s1. The van der Waals surface area contributed by atoms with Gasteiger partial charge < -0.3 is 19.9 Å². The number of amides is 2. The number of aromatic nitrogens is 1. The number of anilines is 1. The number of aryl methyl sites for hydroxylation is 1. The first-order valence-corrected chi connectivity index (χ1v) is 9.14. The fourth-order valence-electron chi connectivity index (χ4n) is 2.90. The molecular formula is C21H27N3O5. The topological polar surface area (TPSA) is 101 Å². The molecule has 0 radical (unpaired) electrons. The van der Waals surface area contributed by atoms with Crippen molar-refractivity contribution in [2.75, 3.05) is 12.4 Å². The summed E-state index contributed by atoms with van der Waals surface area (Å²) in [7, 11) is 1.59. The Labute approximate surface area is 170 Å². The van der Waals surface area contributed by atoms with Crippen molar-refractivity contribution in [2.45, 2.75) is 46.2 Å². The molecule has 0 aliphatic heterocycles. The number of hydrogen-bond acceptors (Lipinski definition) is 5. The van der Waals surface area contributed by atoms with Crippen LogP contribution in [0.1, 0.15) is 33.3 Å². The first kappa shape index (κ1) is 22.0. The van der Waals surface area contributed by atoms with E-state index >= 15 is 0 Å². The van der Waals surface area contributed by atoms with E-state index in [2.05, 4.69) is 10.3 Å². The van der Waals surface area contributed by atoms with Crippen molar-refractivity contribution >= 4 is 17.7 Å². The molecule has 156 valence electrons. The van der Waals surface area contributed by atoms with E-state index in [1.807, 2.05) is 19.1 Å². The van der Waals surface area contributed by atoms with E-state index < -0.39 is 23.6 Å². The van der Waals surface area contributed by atoms with E-state index in [0.29, 0.717) is 23.1 Å². The number of pyridine rings is 1. The van der Waals surface area contributed by atoms with E-state index in [1.54, 1.807) is 53.0 Å². The zero-order chi connectivity index (χ0) is 21.8. The molecule has 2 rings (SSSR count). The second-order valence-electron chi connectivity index (χ2n) is 7.61. The summed E-state index contributed by atoms with van der Waals surface area (Å²) in [6.07, 6.45) is 0.295. The summed E-state index contributed by atoms with van der Waals surface area (Å²) in [4.78, 5) is 29.3. The SMILES string of the molecule is COc1cc(Oc2ccc(NC(=O)[C@@H](C)N(C(=O)O)C(C)(C)C)cn2)ccc1C. The lowest BCUT2D eigenvalue weighted by Gasteiger charge is -2.37. The Morgan fingerprint density at radius 3 is 2.41 bits per heavy atom. The molecule has 8 nitrogen and oxygen atoms in total. The van der Waals surface area contributed by atoms with Gasteiger partial charge in [-0.1, -0.05) is 6.07 Å². The Hall–Kier alpha value is -3.29. The maximum Gasteiger partial charge on any atom is 0.408 e. The Bertz CT molecular complexity index is 875. The molecule has 0 aliphatic rings. The maximum absolute atomic E-state index is 12.5. The van der Waals surface area contributed by atoms with Gasteiger partial charge in [0.1, 0.15) is 17.5 Å². The summed E-state index contributed by atoms with van der Waals surface area (Å²) in [5.74, 6) is 1.19. The van der Waals surface area contributed by atoms with E-state index in [0.717, 1.165) is 10.5 Å². The second kappa shape index (κ2) is 8.81. The molecule has 0 saturated carbocycles. The molecule has 1 heterocycles. The van der Waals surface area contributed by atoms with Crippen molar-refractivity contribution in [3.63, 3.8) is 0 Å². The Kier molecular flexibility index (Phi) is 6.68. The minimum absolute atomic E-state index is 0.351. The van der Waals surface area contributed by atoms with Crippen LogP contribution in [0.3, 0.4) is 0 Å². The number of carbonyl (C=O) groups excluding carboxylic acids is 1. The van der Waals surface area contributed by atoms with Crippen LogP contribution in [-0.4, -0.2) is 45.7 Å². The number of hydrogen-bond donors (Lipinski definition) is 2. The van der Waals surface area contributed by atoms with Gasteiger partial charge in [0.2, 0.25) is 11.8 Å². The van der Waals surface area contributed by atoms with Crippen molar-refractivity contribution in [1.29, 1.82) is 0 Å². The first-order valence-electron chi connectivity index (χ1n) is 9.14. The van der Waals surface area contributed by atoms with Crippen molar-refractivity contribution < 1.29 is 24.2 Å². The summed E-state index contributed by atoms with van der Waals surface area (Å²) in [5.41, 5.74) is 0.716. The zero-order valence-electron chi connectivity index (χ0n) is 17.5. The maximum atomic E-state index is 12.5. The summed E-state index contributed by atoms with van der Waals surface area (Å²) < 4.78 is 11.0. The fourth-order valence-corrected chi connectivity index (χ4v) is 2.90. The largest absolute Gasteiger partial charge is 0.496 e. The molecule has 0 fully saturated rings. The fraction of sp³-hybridized carbons (Fsp3) is 0.381. The second-order valence-corrected chi connectivity index (χ2v) is 7.61. The summed E-state index contributed by atoms with van der Waals surface area (Å²) in [6.45, 7) is 8.69. The smallest absolute Gasteiger partial charge is 0.408 e. The molecule has 0 aliphatic carbocycles. The molecule has 0 unspecified atom stereocenters. The minimum atomic E-state index is -1.16. The van der Waals surface area contributed by atoms with Gasteiger partial charge in [0.25, 0.3) is 0 Å². The molecular weight excluding hydrogens is 374 g/mol. The van der Waals surface area contributed by atoms with Gasteiger partial charge >= 0.3 is 6.09 Å². The van der Waals surface area contributed by atoms with Gasteiger partial charge in [0.05, 0.1) is 19.0 Å². The molecule has 2 aromatic rings. The monoisotopic (exact) mass is 401 g/mol. The number of benzene rings is 1. The van der Waals surface area contributed by atoms with Gasteiger partial charge in [-0.25, -0.2) is 9.78 Å². The molecule has 0 bridgehead atoms. The van der Waals surface area contributed by atoms with E-state index in [4.69, 9.17) is 9.47 Å². The molecule has 29 heavy (non-hydrogen) atoms. The number of ether oxygens (including phenoxy) is 2. The van der Waals surface area contributed by atoms with Crippen molar-refractivity contribution in [3.8, 4) is 17.4 Å². The number of nitrogens with zero attached hydrogens (tertiary/aromatic N) is 2. The Morgan fingerprint density at radius 1 is 1.21 bits per heavy atom. The van der Waals surface area contributed by atoms with Crippen molar-refractivity contribution in [3.05, 3.63) is 42.1 Å². The van der Waals surface area contributed by atoms with Crippen LogP contribution < -0.4 is 14.8 Å². The lowest BCUT2D eigenvalue weighted by molar-refractivity contribution is -0.121. The molecule has 2 amide bonds. The number of rotatable bonds is 6. The molecule has 1 atom stereocenters. The summed E-state index contributed by atoms with van der Waals surface area (Å²) in [5, 5.41) is 12.1. The van der Waals surface area contributed by atoms with Gasteiger partial charge in [-0.3, -0.25) is 9.69 Å². The molecule has 8 heteroatoms. The van der Waals surface area contributed by atoms with Crippen LogP contribution >= 0.6 is 0 Å². The molecule has 1 aromatic carbocycles. The first-order chi connectivity index (χ1) is 13.5. The highest BCUT2D eigenvalue weighted by Crippen LogP contribution is 2.27. The third-order valence-electron chi connectivity index (χ3n) is 4.30. The average Bonchev–Trinajstić information content (AvgIpc) is 2.63. The Balaban J connectivity index is 2.06. The average molecular weight is 401 g/mol. The van der Waals surface area contributed by atoms with Gasteiger partial charge in [0.15, 0.2) is 0 Å². The predicted molar refractivity (Wildman–Crippen MR) is 110 cm³/mol. The minimum Gasteiger partial charge on any atom is -0.496 e. The van der Waals surface area contributed by atoms with Crippen LogP contribution in [0.25, 0.3) is 0 Å². The van der Waals surface area contributed by atoms with Crippen LogP contribution in [0, 0.1) is 6.92 Å². The zero-order valence-corrected chi connectivity index (χ0v) is 17.5. The normalized spacial score (nSPS) is 12.1. The van der Waals surface area contributed by atoms with Crippen molar-refractivity contribution in [1.82, 2.24) is 9.88 Å². The number of carbonyl (C=O) groups is 2. The van der Waals surface area contributed by atoms with E-state index in [9.17, 15) is 14.7 Å². The van der Waals surface area contributed by atoms with Gasteiger partial charge in [-0.2, -0.15) is 0 Å². The van der Waals surface area contributed by atoms with Crippen LogP contribution in [0.15, 0.2) is 36.5 Å².